The van der Waals surface area contributed by atoms with Crippen molar-refractivity contribution in [1.29, 1.82) is 0 Å². The first kappa shape index (κ1) is 20.8. The largest absolute Gasteiger partial charge is 0.352 e. The van der Waals surface area contributed by atoms with Gasteiger partial charge in [0.05, 0.1) is 11.7 Å². The summed E-state index contributed by atoms with van der Waals surface area (Å²) < 4.78 is 26.0. The number of hydrogen-bond donors (Lipinski definition) is 1. The molecule has 0 spiro atoms. The highest BCUT2D eigenvalue weighted by molar-refractivity contribution is 7.89. The molecule has 0 aliphatic carbocycles. The summed E-state index contributed by atoms with van der Waals surface area (Å²) in [6, 6.07) is 7.65. The molecule has 0 radical (unpaired) electrons. The van der Waals surface area contributed by atoms with Crippen LogP contribution in [0.25, 0.3) is 0 Å². The number of nitrogens with zero attached hydrogens (tertiary/aromatic N) is 2. The van der Waals surface area contributed by atoms with Crippen molar-refractivity contribution >= 4 is 27.5 Å². The Hall–Kier alpha value is -1.93. The Morgan fingerprint density at radius 1 is 1.18 bits per heavy atom. The van der Waals surface area contributed by atoms with Gasteiger partial charge in [0.25, 0.3) is 0 Å². The third-order valence-electron chi connectivity index (χ3n) is 5.40. The monoisotopic (exact) mass is 407 g/mol. The molecule has 0 aromatic heterocycles. The maximum Gasteiger partial charge on any atom is 0.227 e. The van der Waals surface area contributed by atoms with E-state index < -0.39 is 10.0 Å². The highest BCUT2D eigenvalue weighted by atomic mass is 32.2. The van der Waals surface area contributed by atoms with Gasteiger partial charge in [-0.25, -0.2) is 12.7 Å². The zero-order valence-corrected chi connectivity index (χ0v) is 17.2. The van der Waals surface area contributed by atoms with Crippen molar-refractivity contribution in [3.63, 3.8) is 0 Å². The summed E-state index contributed by atoms with van der Waals surface area (Å²) in [5, 5.41) is 2.93. The van der Waals surface area contributed by atoms with Crippen molar-refractivity contribution in [2.75, 3.05) is 30.3 Å². The molecule has 0 saturated carbocycles. The lowest BCUT2D eigenvalue weighted by Gasteiger charge is -2.31. The predicted octanol–water partition coefficient (Wildman–Crippen LogP) is 1.88. The molecule has 2 aliphatic rings. The summed E-state index contributed by atoms with van der Waals surface area (Å²) >= 11 is 0. The Morgan fingerprint density at radius 2 is 1.93 bits per heavy atom. The van der Waals surface area contributed by atoms with Crippen molar-refractivity contribution in [3.05, 3.63) is 29.8 Å². The highest BCUT2D eigenvalue weighted by Gasteiger charge is 2.31. The van der Waals surface area contributed by atoms with Crippen LogP contribution in [0.4, 0.5) is 5.69 Å². The number of carbonyl (C=O) groups excluding carboxylic acids is 2. The molecule has 2 saturated heterocycles. The lowest BCUT2D eigenvalue weighted by atomic mass is 9.98. The van der Waals surface area contributed by atoms with Crippen LogP contribution in [0.15, 0.2) is 24.3 Å². The lowest BCUT2D eigenvalue weighted by molar-refractivity contribution is -0.126. The molecule has 2 amide bonds. The number of rotatable bonds is 7. The normalized spacial score (nSPS) is 21.1. The number of nitrogens with one attached hydrogen (secondary N) is 1. The van der Waals surface area contributed by atoms with Crippen LogP contribution in [0.3, 0.4) is 0 Å². The fourth-order valence-electron chi connectivity index (χ4n) is 3.84. The molecule has 7 nitrogen and oxygen atoms in total. The summed E-state index contributed by atoms with van der Waals surface area (Å²) in [6.45, 7) is 3.77. The summed E-state index contributed by atoms with van der Waals surface area (Å²) in [5.41, 5.74) is 1.84. The summed E-state index contributed by atoms with van der Waals surface area (Å²) in [4.78, 5) is 26.1. The first-order chi connectivity index (χ1) is 13.4. The predicted molar refractivity (Wildman–Crippen MR) is 108 cm³/mol. The maximum absolute atomic E-state index is 12.5. The summed E-state index contributed by atoms with van der Waals surface area (Å²) in [7, 11) is -3.26. The van der Waals surface area contributed by atoms with Crippen LogP contribution < -0.4 is 10.2 Å². The average molecular weight is 408 g/mol. The smallest absolute Gasteiger partial charge is 0.227 e. The van der Waals surface area contributed by atoms with E-state index in [1.807, 2.05) is 31.2 Å². The van der Waals surface area contributed by atoms with Gasteiger partial charge in [0.1, 0.15) is 0 Å². The minimum absolute atomic E-state index is 0.102. The summed E-state index contributed by atoms with van der Waals surface area (Å²) in [5.74, 6) is -0.120. The first-order valence-electron chi connectivity index (χ1n) is 10.1. The number of sulfonamides is 1. The Labute approximate surface area is 167 Å². The van der Waals surface area contributed by atoms with Crippen LogP contribution in [-0.2, 0) is 26.2 Å². The molecule has 1 N–H and O–H groups in total. The maximum atomic E-state index is 12.5. The highest BCUT2D eigenvalue weighted by Crippen LogP contribution is 2.22. The number of carbonyl (C=O) groups is 2. The quantitative estimate of drug-likeness (QED) is 0.748. The fourth-order valence-corrected chi connectivity index (χ4v) is 5.43. The van der Waals surface area contributed by atoms with Crippen LogP contribution >= 0.6 is 0 Å². The number of hydrogen-bond acceptors (Lipinski definition) is 4. The Balaban J connectivity index is 1.53. The van der Waals surface area contributed by atoms with E-state index in [-0.39, 0.29) is 30.0 Å². The molecule has 1 aromatic rings. The summed E-state index contributed by atoms with van der Waals surface area (Å²) in [6.07, 6.45) is 3.49. The van der Waals surface area contributed by atoms with Crippen molar-refractivity contribution in [3.8, 4) is 0 Å². The van der Waals surface area contributed by atoms with Gasteiger partial charge in [0.15, 0.2) is 0 Å². The zero-order chi connectivity index (χ0) is 20.1. The van der Waals surface area contributed by atoms with Crippen LogP contribution in [-0.4, -0.2) is 49.9 Å². The van der Waals surface area contributed by atoms with Gasteiger partial charge in [-0.05, 0) is 43.4 Å². The van der Waals surface area contributed by atoms with E-state index in [0.717, 1.165) is 24.2 Å². The Kier molecular flexibility index (Phi) is 6.72. The van der Waals surface area contributed by atoms with Gasteiger partial charge in [-0.2, -0.15) is 0 Å². The van der Waals surface area contributed by atoms with E-state index >= 15 is 0 Å². The van der Waals surface area contributed by atoms with Gasteiger partial charge in [0, 0.05) is 38.3 Å². The van der Waals surface area contributed by atoms with Crippen molar-refractivity contribution in [1.82, 2.24) is 9.62 Å². The van der Waals surface area contributed by atoms with E-state index in [4.69, 9.17) is 0 Å². The van der Waals surface area contributed by atoms with E-state index in [0.29, 0.717) is 38.8 Å². The molecule has 2 fully saturated rings. The molecular weight excluding hydrogens is 378 g/mol. The second kappa shape index (κ2) is 9.05. The van der Waals surface area contributed by atoms with Crippen molar-refractivity contribution in [2.24, 2.45) is 5.92 Å². The number of amides is 2. The molecule has 0 bridgehead atoms. The average Bonchev–Trinajstić information content (AvgIpc) is 3.12. The molecule has 2 heterocycles. The lowest BCUT2D eigenvalue weighted by Crippen LogP contribution is -2.45. The molecule has 1 atom stereocenters. The van der Waals surface area contributed by atoms with Crippen LogP contribution in [0.1, 0.15) is 44.6 Å². The topological polar surface area (TPSA) is 86.8 Å². The first-order valence-corrected chi connectivity index (χ1v) is 11.7. The molecule has 3 rings (SSSR count). The number of anilines is 1. The van der Waals surface area contributed by atoms with Gasteiger partial charge in [-0.3, -0.25) is 9.59 Å². The van der Waals surface area contributed by atoms with E-state index in [9.17, 15) is 18.0 Å². The van der Waals surface area contributed by atoms with Crippen molar-refractivity contribution < 1.29 is 18.0 Å². The number of benzene rings is 1. The third-order valence-corrected chi connectivity index (χ3v) is 7.44. The molecular formula is C20H29N3O4S. The second-order valence-corrected chi connectivity index (χ2v) is 9.63. The van der Waals surface area contributed by atoms with Gasteiger partial charge >= 0.3 is 0 Å². The van der Waals surface area contributed by atoms with Crippen LogP contribution in [0, 0.1) is 5.92 Å². The fraction of sp³-hybridized carbons (Fsp3) is 0.600. The third kappa shape index (κ3) is 4.91. The van der Waals surface area contributed by atoms with E-state index in [1.165, 1.54) is 4.31 Å². The van der Waals surface area contributed by atoms with Gasteiger partial charge in [-0.15, -0.1) is 0 Å². The number of piperidine rings is 1. The molecule has 1 unspecified atom stereocenters. The second-order valence-electron chi connectivity index (χ2n) is 7.55. The SMILES string of the molecule is CCCS(=O)(=O)N1CCCC(C(=O)NCc2ccc(N3CCCC3=O)cc2)C1. The van der Waals surface area contributed by atoms with Crippen molar-refractivity contribution in [2.45, 2.75) is 45.6 Å². The van der Waals surface area contributed by atoms with Gasteiger partial charge in [-0.1, -0.05) is 19.1 Å². The minimum atomic E-state index is -3.26. The Bertz CT molecular complexity index is 807. The van der Waals surface area contributed by atoms with Gasteiger partial charge in [0.2, 0.25) is 21.8 Å². The molecule has 154 valence electrons. The molecule has 28 heavy (non-hydrogen) atoms. The van der Waals surface area contributed by atoms with E-state index in [2.05, 4.69) is 5.32 Å². The molecule has 8 heteroatoms. The van der Waals surface area contributed by atoms with Gasteiger partial charge < -0.3 is 10.2 Å². The van der Waals surface area contributed by atoms with Crippen LogP contribution in [0.5, 0.6) is 0 Å². The van der Waals surface area contributed by atoms with Crippen LogP contribution in [0.2, 0.25) is 0 Å². The molecule has 2 aliphatic heterocycles. The Morgan fingerprint density at radius 3 is 2.57 bits per heavy atom. The molecule has 1 aromatic carbocycles. The standard InChI is InChI=1S/C20H29N3O4S/c1-2-13-28(26,27)22-11-3-5-17(15-22)20(25)21-14-16-7-9-18(10-8-16)23-12-4-6-19(23)24/h7-10,17H,2-6,11-15H2,1H3,(H,21,25). The van der Waals surface area contributed by atoms with E-state index in [1.54, 1.807) is 4.90 Å². The zero-order valence-electron chi connectivity index (χ0n) is 16.4. The minimum Gasteiger partial charge on any atom is -0.352 e.